The standard InChI is InChI=1S/C8H14O3S.C4H10OS/c1-4-11-8(10)5-6(2)12-7(3)9;1-4(6)2-3-5/h6H,4-5H2,1-3H3;4-6H,2-3H2,1H3/t6-;4-/m11/s1. The lowest BCUT2D eigenvalue weighted by Crippen LogP contribution is -2.11. The first-order valence-corrected chi connectivity index (χ1v) is 7.34. The molecule has 0 saturated heterocycles. The smallest absolute Gasteiger partial charge is 0.306 e. The zero-order valence-electron chi connectivity index (χ0n) is 11.5. The van der Waals surface area contributed by atoms with Gasteiger partial charge in [-0.15, -0.1) is 0 Å². The molecule has 0 radical (unpaired) electrons. The van der Waals surface area contributed by atoms with Crippen LogP contribution in [0.2, 0.25) is 0 Å². The molecule has 0 heterocycles. The van der Waals surface area contributed by atoms with Gasteiger partial charge in [0.25, 0.3) is 0 Å². The molecule has 0 aromatic heterocycles. The third-order valence-corrected chi connectivity index (χ3v) is 2.83. The Hall–Kier alpha value is -0.200. The van der Waals surface area contributed by atoms with E-state index in [1.165, 1.54) is 18.7 Å². The van der Waals surface area contributed by atoms with E-state index in [1.807, 2.05) is 13.8 Å². The van der Waals surface area contributed by atoms with Crippen LogP contribution < -0.4 is 0 Å². The second kappa shape index (κ2) is 13.2. The Kier molecular flexibility index (Phi) is 14.8. The van der Waals surface area contributed by atoms with Crippen LogP contribution in [0.3, 0.4) is 0 Å². The molecule has 0 aromatic carbocycles. The van der Waals surface area contributed by atoms with Crippen molar-refractivity contribution in [1.29, 1.82) is 0 Å². The van der Waals surface area contributed by atoms with Crippen LogP contribution in [0.4, 0.5) is 0 Å². The van der Waals surface area contributed by atoms with Gasteiger partial charge in [0.2, 0.25) is 0 Å². The van der Waals surface area contributed by atoms with Crippen molar-refractivity contribution in [3.05, 3.63) is 0 Å². The summed E-state index contributed by atoms with van der Waals surface area (Å²) in [7, 11) is 0. The first kappa shape index (κ1) is 20.1. The Morgan fingerprint density at radius 3 is 2.22 bits per heavy atom. The van der Waals surface area contributed by atoms with E-state index in [9.17, 15) is 9.59 Å². The number of ether oxygens (including phenoxy) is 1. The minimum absolute atomic E-state index is 0.0153. The van der Waals surface area contributed by atoms with E-state index in [0.29, 0.717) is 18.3 Å². The van der Waals surface area contributed by atoms with Crippen LogP contribution >= 0.6 is 24.4 Å². The van der Waals surface area contributed by atoms with Gasteiger partial charge in [-0.1, -0.05) is 25.6 Å². The van der Waals surface area contributed by atoms with Crippen LogP contribution in [0, 0.1) is 0 Å². The summed E-state index contributed by atoms with van der Waals surface area (Å²) in [5.74, 6) is -0.237. The van der Waals surface area contributed by atoms with Gasteiger partial charge in [-0.2, -0.15) is 12.6 Å². The van der Waals surface area contributed by atoms with E-state index in [-0.39, 0.29) is 22.9 Å². The lowest BCUT2D eigenvalue weighted by molar-refractivity contribution is -0.142. The van der Waals surface area contributed by atoms with Crippen LogP contribution in [0.25, 0.3) is 0 Å². The maximum atomic E-state index is 10.9. The lowest BCUT2D eigenvalue weighted by atomic mass is 10.3. The number of hydrogen-bond acceptors (Lipinski definition) is 6. The number of rotatable bonds is 6. The maximum Gasteiger partial charge on any atom is 0.306 e. The van der Waals surface area contributed by atoms with E-state index in [1.54, 1.807) is 6.92 Å². The fourth-order valence-corrected chi connectivity index (χ4v) is 1.87. The molecule has 0 fully saturated rings. The lowest BCUT2D eigenvalue weighted by Gasteiger charge is -2.06. The zero-order valence-corrected chi connectivity index (χ0v) is 13.2. The molecule has 0 aliphatic rings. The molecule has 0 amide bonds. The van der Waals surface area contributed by atoms with Crippen molar-refractivity contribution in [2.75, 3.05) is 13.2 Å². The molecule has 6 heteroatoms. The molecule has 1 N–H and O–H groups in total. The molecule has 0 aliphatic heterocycles. The second-order valence-corrected chi connectivity index (χ2v) is 6.29. The number of thioether (sulfide) groups is 1. The molecule has 0 rings (SSSR count). The molecule has 0 spiro atoms. The van der Waals surface area contributed by atoms with Gasteiger partial charge >= 0.3 is 5.97 Å². The maximum absolute atomic E-state index is 10.9. The third kappa shape index (κ3) is 18.2. The molecule has 0 aliphatic carbocycles. The zero-order chi connectivity index (χ0) is 14.6. The average Bonchev–Trinajstić information content (AvgIpc) is 2.16. The molecule has 0 unspecified atom stereocenters. The molecule has 0 saturated carbocycles. The molecule has 108 valence electrons. The summed E-state index contributed by atoms with van der Waals surface area (Å²) in [6.45, 7) is 7.70. The Bertz CT molecular complexity index is 232. The van der Waals surface area contributed by atoms with Gasteiger partial charge in [-0.25, -0.2) is 0 Å². The number of carbonyl (C=O) groups excluding carboxylic acids is 2. The largest absolute Gasteiger partial charge is 0.466 e. The number of thiol groups is 1. The number of aliphatic hydroxyl groups excluding tert-OH is 1. The molecule has 4 nitrogen and oxygen atoms in total. The minimum atomic E-state index is -0.237. The van der Waals surface area contributed by atoms with Gasteiger partial charge < -0.3 is 9.84 Å². The van der Waals surface area contributed by atoms with Gasteiger partial charge in [0, 0.05) is 24.0 Å². The van der Waals surface area contributed by atoms with Crippen molar-refractivity contribution in [2.45, 2.75) is 51.0 Å². The van der Waals surface area contributed by atoms with Crippen LogP contribution in [0.5, 0.6) is 0 Å². The van der Waals surface area contributed by atoms with Crippen molar-refractivity contribution in [1.82, 2.24) is 0 Å². The van der Waals surface area contributed by atoms with Gasteiger partial charge in [-0.3, -0.25) is 9.59 Å². The molecule has 2 atom stereocenters. The van der Waals surface area contributed by atoms with E-state index < -0.39 is 0 Å². The minimum Gasteiger partial charge on any atom is -0.466 e. The Morgan fingerprint density at radius 2 is 1.94 bits per heavy atom. The quantitative estimate of drug-likeness (QED) is 0.581. The monoisotopic (exact) mass is 296 g/mol. The summed E-state index contributed by atoms with van der Waals surface area (Å²) in [5.41, 5.74) is 0. The van der Waals surface area contributed by atoms with Crippen molar-refractivity contribution in [2.24, 2.45) is 0 Å². The first-order chi connectivity index (χ1) is 8.33. The van der Waals surface area contributed by atoms with Gasteiger partial charge in [0.05, 0.1) is 13.0 Å². The average molecular weight is 296 g/mol. The first-order valence-electron chi connectivity index (χ1n) is 5.95. The van der Waals surface area contributed by atoms with Crippen LogP contribution in [0.15, 0.2) is 0 Å². The van der Waals surface area contributed by atoms with E-state index in [0.717, 1.165) is 6.42 Å². The summed E-state index contributed by atoms with van der Waals surface area (Å²) >= 11 is 5.19. The van der Waals surface area contributed by atoms with Crippen LogP contribution in [0.1, 0.15) is 40.5 Å². The Morgan fingerprint density at radius 1 is 1.39 bits per heavy atom. The highest BCUT2D eigenvalue weighted by Crippen LogP contribution is 2.14. The SMILES string of the molecule is CCOC(=O)C[C@@H](C)SC(C)=O.C[C@@H](S)CCO. The summed E-state index contributed by atoms with van der Waals surface area (Å²) < 4.78 is 4.73. The number of carbonyl (C=O) groups is 2. The van der Waals surface area contributed by atoms with Crippen LogP contribution in [-0.4, -0.2) is 39.9 Å². The summed E-state index contributed by atoms with van der Waals surface area (Å²) in [4.78, 5) is 21.5. The van der Waals surface area contributed by atoms with Crippen molar-refractivity contribution < 1.29 is 19.4 Å². The molecule has 0 bridgehead atoms. The van der Waals surface area contributed by atoms with E-state index in [2.05, 4.69) is 12.6 Å². The summed E-state index contributed by atoms with van der Waals surface area (Å²) in [6, 6.07) is 0. The molecule has 18 heavy (non-hydrogen) atoms. The molecular formula is C12H24O4S2. The highest BCUT2D eigenvalue weighted by atomic mass is 32.2. The predicted molar refractivity (Wildman–Crippen MR) is 79.1 cm³/mol. The van der Waals surface area contributed by atoms with Crippen molar-refractivity contribution in [3.63, 3.8) is 0 Å². The van der Waals surface area contributed by atoms with E-state index in [4.69, 9.17) is 9.84 Å². The fraction of sp³-hybridized carbons (Fsp3) is 0.833. The summed E-state index contributed by atoms with van der Waals surface area (Å²) in [6.07, 6.45) is 1.10. The highest BCUT2D eigenvalue weighted by molar-refractivity contribution is 8.14. The Labute approximate surface area is 119 Å². The van der Waals surface area contributed by atoms with E-state index >= 15 is 0 Å². The fourth-order valence-electron chi connectivity index (χ4n) is 0.966. The Balaban J connectivity index is 0. The summed E-state index contributed by atoms with van der Waals surface area (Å²) in [5, 5.41) is 8.58. The molecule has 0 aromatic rings. The number of esters is 1. The number of hydrogen-bond donors (Lipinski definition) is 2. The second-order valence-electron chi connectivity index (χ2n) is 3.79. The van der Waals surface area contributed by atoms with Crippen LogP contribution in [-0.2, 0) is 14.3 Å². The predicted octanol–water partition coefficient (Wildman–Crippen LogP) is 2.29. The van der Waals surface area contributed by atoms with Crippen molar-refractivity contribution >= 4 is 35.5 Å². The van der Waals surface area contributed by atoms with Gasteiger partial charge in [-0.05, 0) is 13.3 Å². The topological polar surface area (TPSA) is 63.6 Å². The number of aliphatic hydroxyl groups is 1. The molecular weight excluding hydrogens is 272 g/mol. The highest BCUT2D eigenvalue weighted by Gasteiger charge is 2.11. The normalized spacial score (nSPS) is 13.0. The van der Waals surface area contributed by atoms with Gasteiger partial charge in [0.1, 0.15) is 0 Å². The third-order valence-electron chi connectivity index (χ3n) is 1.67. The van der Waals surface area contributed by atoms with Crippen molar-refractivity contribution in [3.8, 4) is 0 Å². The van der Waals surface area contributed by atoms with Gasteiger partial charge in [0.15, 0.2) is 5.12 Å².